The molecule has 0 fully saturated rings. The molecule has 0 aliphatic heterocycles. The maximum Gasteiger partial charge on any atom is 0.335 e. The van der Waals surface area contributed by atoms with Crippen molar-refractivity contribution in [2.24, 2.45) is 5.73 Å². The number of carboxylic acid groups (broad SMARTS) is 1. The maximum atomic E-state index is 11.1. The molecule has 5 N–H and O–H groups in total. The van der Waals surface area contributed by atoms with E-state index >= 15 is 0 Å². The summed E-state index contributed by atoms with van der Waals surface area (Å²) in [4.78, 5) is 21.2. The minimum Gasteiger partial charge on any atom is -0.493 e. The fourth-order valence-electron chi connectivity index (χ4n) is 1.74. The van der Waals surface area contributed by atoms with Crippen molar-refractivity contribution in [2.75, 3.05) is 44.8 Å². The lowest BCUT2D eigenvalue weighted by Gasteiger charge is -2.11. The molecule has 0 unspecified atom stereocenters. The summed E-state index contributed by atoms with van der Waals surface area (Å²) in [5.41, 5.74) is 6.19. The molecule has 0 spiro atoms. The normalized spacial score (nSPS) is 10.1. The van der Waals surface area contributed by atoms with Crippen LogP contribution in [0.15, 0.2) is 18.2 Å². The molecule has 128 valence electrons. The quantitative estimate of drug-likeness (QED) is 0.303. The van der Waals surface area contributed by atoms with Gasteiger partial charge in [0.1, 0.15) is 5.75 Å². The number of hydrogen-bond donors (Lipinski definition) is 4. The fourth-order valence-corrected chi connectivity index (χ4v) is 1.74. The summed E-state index contributed by atoms with van der Waals surface area (Å²) in [5.74, 6) is -0.537. The van der Waals surface area contributed by atoms with E-state index in [2.05, 4.69) is 10.6 Å². The van der Waals surface area contributed by atoms with Crippen LogP contribution in [0.25, 0.3) is 0 Å². The van der Waals surface area contributed by atoms with Gasteiger partial charge < -0.3 is 30.9 Å². The largest absolute Gasteiger partial charge is 0.493 e. The first-order valence-electron chi connectivity index (χ1n) is 7.37. The van der Waals surface area contributed by atoms with Gasteiger partial charge in [-0.3, -0.25) is 4.79 Å². The lowest BCUT2D eigenvalue weighted by atomic mass is 10.2. The van der Waals surface area contributed by atoms with Gasteiger partial charge in [0, 0.05) is 24.8 Å². The molecule has 0 aromatic heterocycles. The highest BCUT2D eigenvalue weighted by Gasteiger charge is 2.08. The minimum atomic E-state index is -1.02. The van der Waals surface area contributed by atoms with E-state index in [9.17, 15) is 9.59 Å². The van der Waals surface area contributed by atoms with E-state index in [1.54, 1.807) is 6.07 Å². The average Bonchev–Trinajstić information content (AvgIpc) is 2.54. The molecule has 0 saturated carbocycles. The Morgan fingerprint density at radius 1 is 1.22 bits per heavy atom. The zero-order valence-electron chi connectivity index (χ0n) is 12.9. The molecule has 0 bridgehead atoms. The number of carbonyl (C=O) groups excluding carboxylic acids is 1. The van der Waals surface area contributed by atoms with Gasteiger partial charge in [-0.15, -0.1) is 0 Å². The van der Waals surface area contributed by atoms with Gasteiger partial charge in [0.15, 0.2) is 0 Å². The molecule has 23 heavy (non-hydrogen) atoms. The Bertz CT molecular complexity index is 496. The number of nitrogens with one attached hydrogen (secondary N) is 2. The van der Waals surface area contributed by atoms with Crippen LogP contribution in [-0.4, -0.2) is 56.9 Å². The maximum absolute atomic E-state index is 11.1. The van der Waals surface area contributed by atoms with E-state index in [1.807, 2.05) is 0 Å². The van der Waals surface area contributed by atoms with Crippen LogP contribution in [0.4, 0.5) is 5.69 Å². The summed E-state index contributed by atoms with van der Waals surface area (Å²) >= 11 is 0. The Labute approximate surface area is 134 Å². The van der Waals surface area contributed by atoms with Gasteiger partial charge in [-0.25, -0.2) is 4.79 Å². The first-order chi connectivity index (χ1) is 11.2. The van der Waals surface area contributed by atoms with Gasteiger partial charge in [0.05, 0.1) is 25.4 Å². The van der Waals surface area contributed by atoms with Crippen LogP contribution in [0.2, 0.25) is 0 Å². The molecule has 0 atom stereocenters. The molecule has 0 heterocycles. The lowest BCUT2D eigenvalue weighted by Crippen LogP contribution is -2.19. The molecule has 0 radical (unpaired) electrons. The number of anilines is 1. The first-order valence-corrected chi connectivity index (χ1v) is 7.37. The summed E-state index contributed by atoms with van der Waals surface area (Å²) in [6.07, 6.45) is 1.31. The molecular formula is C15H23N3O5. The van der Waals surface area contributed by atoms with Crippen molar-refractivity contribution in [3.63, 3.8) is 0 Å². The molecule has 1 amide bonds. The number of carboxylic acids is 1. The monoisotopic (exact) mass is 325 g/mol. The van der Waals surface area contributed by atoms with Gasteiger partial charge in [-0.05, 0) is 25.1 Å². The van der Waals surface area contributed by atoms with Gasteiger partial charge >= 0.3 is 5.97 Å². The van der Waals surface area contributed by atoms with Crippen molar-refractivity contribution in [3.8, 4) is 5.75 Å². The third kappa shape index (κ3) is 8.03. The van der Waals surface area contributed by atoms with Crippen LogP contribution in [0.5, 0.6) is 5.75 Å². The molecule has 1 aromatic carbocycles. The van der Waals surface area contributed by atoms with Crippen LogP contribution < -0.4 is 21.1 Å². The number of aromatic carboxylic acids is 1. The molecule has 1 aromatic rings. The summed E-state index contributed by atoms with van der Waals surface area (Å²) in [6.45, 7) is 2.76. The van der Waals surface area contributed by atoms with Crippen LogP contribution in [0, 0.1) is 0 Å². The molecule has 0 aliphatic rings. The van der Waals surface area contributed by atoms with Crippen molar-refractivity contribution < 1.29 is 24.2 Å². The van der Waals surface area contributed by atoms with E-state index in [-0.39, 0.29) is 5.56 Å². The fraction of sp³-hybridized carbons (Fsp3) is 0.467. The Morgan fingerprint density at radius 3 is 2.70 bits per heavy atom. The number of benzene rings is 1. The Hall–Kier alpha value is -2.32. The van der Waals surface area contributed by atoms with Crippen molar-refractivity contribution in [2.45, 2.75) is 6.42 Å². The van der Waals surface area contributed by atoms with E-state index in [1.165, 1.54) is 12.1 Å². The number of carbonyl (C=O) groups is 2. The highest BCUT2D eigenvalue weighted by molar-refractivity contribution is 5.89. The Morgan fingerprint density at radius 2 is 2.00 bits per heavy atom. The highest BCUT2D eigenvalue weighted by atomic mass is 16.5. The Kier molecular flexibility index (Phi) is 9.18. The lowest BCUT2D eigenvalue weighted by molar-refractivity contribution is -0.109. The summed E-state index contributed by atoms with van der Waals surface area (Å²) < 4.78 is 10.8. The van der Waals surface area contributed by atoms with Crippen LogP contribution in [-0.2, 0) is 9.53 Å². The summed E-state index contributed by atoms with van der Waals surface area (Å²) in [7, 11) is 0. The topological polar surface area (TPSA) is 123 Å². The van der Waals surface area contributed by atoms with Crippen LogP contribution in [0.3, 0.4) is 0 Å². The van der Waals surface area contributed by atoms with Crippen molar-refractivity contribution in [1.29, 1.82) is 0 Å². The predicted molar refractivity (Wildman–Crippen MR) is 85.9 cm³/mol. The SMILES string of the molecule is NCCCOc1cc(NCCOCCNC=O)cc(C(=O)O)c1. The van der Waals surface area contributed by atoms with Crippen LogP contribution in [0.1, 0.15) is 16.8 Å². The Balaban J connectivity index is 2.48. The third-order valence-corrected chi connectivity index (χ3v) is 2.82. The van der Waals surface area contributed by atoms with Crippen LogP contribution >= 0.6 is 0 Å². The average molecular weight is 325 g/mol. The molecule has 8 nitrogen and oxygen atoms in total. The zero-order valence-corrected chi connectivity index (χ0v) is 12.9. The standard InChI is InChI=1S/C15H23N3O5/c16-2-1-5-23-14-9-12(15(20)21)8-13(10-14)18-4-7-22-6-3-17-11-19/h8-11,18H,1-7,16H2,(H,17,19)(H,20,21). The number of hydrogen-bond acceptors (Lipinski definition) is 6. The number of amides is 1. The smallest absolute Gasteiger partial charge is 0.335 e. The summed E-state index contributed by atoms with van der Waals surface area (Å²) in [5, 5.41) is 14.7. The predicted octanol–water partition coefficient (Wildman–Crippen LogP) is 0.287. The minimum absolute atomic E-state index is 0.147. The molecule has 0 saturated heterocycles. The molecular weight excluding hydrogens is 302 g/mol. The van der Waals surface area contributed by atoms with E-state index in [4.69, 9.17) is 20.3 Å². The van der Waals surface area contributed by atoms with Gasteiger partial charge in [-0.1, -0.05) is 0 Å². The number of rotatable bonds is 13. The third-order valence-electron chi connectivity index (χ3n) is 2.82. The second kappa shape index (κ2) is 11.3. The molecule has 8 heteroatoms. The molecule has 0 aliphatic carbocycles. The zero-order chi connectivity index (χ0) is 16.9. The van der Waals surface area contributed by atoms with Gasteiger partial charge in [0.25, 0.3) is 0 Å². The van der Waals surface area contributed by atoms with E-state index in [0.29, 0.717) is 63.7 Å². The molecule has 1 rings (SSSR count). The highest BCUT2D eigenvalue weighted by Crippen LogP contribution is 2.21. The van der Waals surface area contributed by atoms with Gasteiger partial charge in [0.2, 0.25) is 6.41 Å². The number of nitrogens with two attached hydrogens (primary N) is 1. The first kappa shape index (κ1) is 18.7. The number of ether oxygens (including phenoxy) is 2. The van der Waals surface area contributed by atoms with E-state index < -0.39 is 5.97 Å². The van der Waals surface area contributed by atoms with E-state index in [0.717, 1.165) is 0 Å². The van der Waals surface area contributed by atoms with Crippen molar-refractivity contribution in [3.05, 3.63) is 23.8 Å². The van der Waals surface area contributed by atoms with Gasteiger partial charge in [-0.2, -0.15) is 0 Å². The summed E-state index contributed by atoms with van der Waals surface area (Å²) in [6, 6.07) is 4.74. The van der Waals surface area contributed by atoms with Crippen molar-refractivity contribution >= 4 is 18.1 Å². The second-order valence-electron chi connectivity index (χ2n) is 4.65. The van der Waals surface area contributed by atoms with Crippen molar-refractivity contribution in [1.82, 2.24) is 5.32 Å². The second-order valence-corrected chi connectivity index (χ2v) is 4.65.